The van der Waals surface area contributed by atoms with Gasteiger partial charge in [0.1, 0.15) is 5.75 Å². The minimum Gasteiger partial charge on any atom is -0.491 e. The summed E-state index contributed by atoms with van der Waals surface area (Å²) in [7, 11) is 0. The number of rotatable bonds is 4. The highest BCUT2D eigenvalue weighted by Gasteiger charge is 2.16. The van der Waals surface area contributed by atoms with Crippen LogP contribution in [0.3, 0.4) is 0 Å². The number of aromatic nitrogens is 1. The van der Waals surface area contributed by atoms with E-state index in [0.717, 1.165) is 22.4 Å². The van der Waals surface area contributed by atoms with Gasteiger partial charge in [-0.05, 0) is 44.0 Å². The molecule has 2 rings (SSSR count). The van der Waals surface area contributed by atoms with Gasteiger partial charge < -0.3 is 10.5 Å². The highest BCUT2D eigenvalue weighted by molar-refractivity contribution is 5.42. The van der Waals surface area contributed by atoms with Crippen LogP contribution in [0.2, 0.25) is 0 Å². The topological polar surface area (TPSA) is 48.1 Å². The zero-order valence-electron chi connectivity index (χ0n) is 11.6. The van der Waals surface area contributed by atoms with Gasteiger partial charge in [-0.25, -0.2) is 0 Å². The monoisotopic (exact) mass is 256 g/mol. The van der Waals surface area contributed by atoms with Crippen LogP contribution in [-0.2, 0) is 0 Å². The molecule has 0 bridgehead atoms. The number of nitrogens with two attached hydrogens (primary N) is 1. The summed E-state index contributed by atoms with van der Waals surface area (Å²) in [5.74, 6) is 0.848. The first kappa shape index (κ1) is 13.6. The zero-order valence-corrected chi connectivity index (χ0v) is 11.6. The Morgan fingerprint density at radius 1 is 1.11 bits per heavy atom. The highest BCUT2D eigenvalue weighted by atomic mass is 16.5. The van der Waals surface area contributed by atoms with Gasteiger partial charge in [-0.3, -0.25) is 4.98 Å². The first-order valence-electron chi connectivity index (χ1n) is 6.51. The first-order chi connectivity index (χ1) is 9.09. The fraction of sp³-hybridized carbons (Fsp3) is 0.312. The number of hydrogen-bond donors (Lipinski definition) is 1. The molecule has 3 nitrogen and oxygen atoms in total. The number of para-hydroxylation sites is 1. The molecule has 3 heteroatoms. The van der Waals surface area contributed by atoms with Crippen molar-refractivity contribution in [2.75, 3.05) is 0 Å². The lowest BCUT2D eigenvalue weighted by molar-refractivity contribution is 0.239. The third-order valence-corrected chi connectivity index (χ3v) is 3.02. The molecule has 0 fully saturated rings. The Kier molecular flexibility index (Phi) is 4.17. The average molecular weight is 256 g/mol. The van der Waals surface area contributed by atoms with Crippen LogP contribution in [-0.4, -0.2) is 11.1 Å². The summed E-state index contributed by atoms with van der Waals surface area (Å²) in [6.07, 6.45) is 3.74. The molecule has 100 valence electrons. The summed E-state index contributed by atoms with van der Waals surface area (Å²) >= 11 is 0. The van der Waals surface area contributed by atoms with E-state index in [0.29, 0.717) is 0 Å². The van der Waals surface area contributed by atoms with Crippen molar-refractivity contribution in [3.05, 3.63) is 59.4 Å². The van der Waals surface area contributed by atoms with E-state index in [1.165, 1.54) is 0 Å². The second-order valence-corrected chi connectivity index (χ2v) is 4.91. The Morgan fingerprint density at radius 3 is 2.53 bits per heavy atom. The van der Waals surface area contributed by atoms with Gasteiger partial charge in [0.25, 0.3) is 0 Å². The van der Waals surface area contributed by atoms with Crippen molar-refractivity contribution in [2.24, 2.45) is 5.73 Å². The molecule has 0 saturated carbocycles. The third-order valence-electron chi connectivity index (χ3n) is 3.02. The summed E-state index contributed by atoms with van der Waals surface area (Å²) in [6, 6.07) is 9.70. The molecular formula is C16H20N2O. The van der Waals surface area contributed by atoms with Crippen LogP contribution in [0.1, 0.15) is 36.6 Å². The highest BCUT2D eigenvalue weighted by Crippen LogP contribution is 2.29. The summed E-state index contributed by atoms with van der Waals surface area (Å²) in [4.78, 5) is 4.10. The van der Waals surface area contributed by atoms with Gasteiger partial charge in [-0.1, -0.05) is 18.2 Å². The molecule has 1 atom stereocenters. The molecule has 2 aromatic rings. The van der Waals surface area contributed by atoms with Crippen LogP contribution >= 0.6 is 0 Å². The molecule has 1 heterocycles. The van der Waals surface area contributed by atoms with Crippen LogP contribution in [0, 0.1) is 6.92 Å². The van der Waals surface area contributed by atoms with Gasteiger partial charge >= 0.3 is 0 Å². The van der Waals surface area contributed by atoms with Gasteiger partial charge in [0.2, 0.25) is 0 Å². The predicted octanol–water partition coefficient (Wildman–Crippen LogP) is 3.23. The summed E-state index contributed by atoms with van der Waals surface area (Å²) in [6.45, 7) is 6.05. The average Bonchev–Trinajstić information content (AvgIpc) is 2.38. The fourth-order valence-electron chi connectivity index (χ4n) is 2.10. The number of hydrogen-bond acceptors (Lipinski definition) is 3. The molecule has 0 saturated heterocycles. The maximum absolute atomic E-state index is 6.39. The quantitative estimate of drug-likeness (QED) is 0.913. The second kappa shape index (κ2) is 5.85. The molecule has 0 aliphatic rings. The summed E-state index contributed by atoms with van der Waals surface area (Å²) < 4.78 is 5.83. The molecule has 1 aromatic heterocycles. The molecular weight excluding hydrogens is 236 g/mol. The molecule has 0 aliphatic carbocycles. The van der Waals surface area contributed by atoms with Crippen molar-refractivity contribution in [1.82, 2.24) is 4.98 Å². The van der Waals surface area contributed by atoms with Crippen LogP contribution in [0.4, 0.5) is 0 Å². The normalized spacial score (nSPS) is 12.5. The smallest absolute Gasteiger partial charge is 0.124 e. The molecule has 0 spiro atoms. The second-order valence-electron chi connectivity index (χ2n) is 4.91. The fourth-order valence-corrected chi connectivity index (χ4v) is 2.10. The van der Waals surface area contributed by atoms with Gasteiger partial charge in [0, 0.05) is 18.0 Å². The third kappa shape index (κ3) is 3.12. The molecule has 2 N–H and O–H groups in total. The molecule has 1 unspecified atom stereocenters. The molecule has 0 amide bonds. The van der Waals surface area contributed by atoms with Crippen molar-refractivity contribution in [3.63, 3.8) is 0 Å². The first-order valence-corrected chi connectivity index (χ1v) is 6.51. The van der Waals surface area contributed by atoms with Crippen molar-refractivity contribution in [3.8, 4) is 5.75 Å². The largest absolute Gasteiger partial charge is 0.491 e. The molecule has 0 aliphatic heterocycles. The Bertz CT molecular complexity index is 552. The number of benzene rings is 1. The van der Waals surface area contributed by atoms with Gasteiger partial charge in [-0.15, -0.1) is 0 Å². The van der Waals surface area contributed by atoms with Crippen molar-refractivity contribution in [1.29, 1.82) is 0 Å². The standard InChI is InChI=1S/C16H20N2O/c1-11(2)19-15-7-5-4-6-14(15)16(17)13-8-9-18-10-12(13)3/h4-11,16H,17H2,1-3H3. The van der Waals surface area contributed by atoms with Crippen LogP contribution in [0.25, 0.3) is 0 Å². The number of nitrogens with zero attached hydrogens (tertiary/aromatic N) is 1. The summed E-state index contributed by atoms with van der Waals surface area (Å²) in [5, 5.41) is 0. The SMILES string of the molecule is Cc1cnccc1C(N)c1ccccc1OC(C)C. The maximum Gasteiger partial charge on any atom is 0.124 e. The molecule has 19 heavy (non-hydrogen) atoms. The van der Waals surface area contributed by atoms with Gasteiger partial charge in [0.15, 0.2) is 0 Å². The van der Waals surface area contributed by atoms with E-state index in [4.69, 9.17) is 10.5 Å². The van der Waals surface area contributed by atoms with Crippen molar-refractivity contribution < 1.29 is 4.74 Å². The van der Waals surface area contributed by atoms with E-state index in [1.807, 2.05) is 57.3 Å². The lowest BCUT2D eigenvalue weighted by atomic mass is 9.96. The zero-order chi connectivity index (χ0) is 13.8. The van der Waals surface area contributed by atoms with Crippen molar-refractivity contribution in [2.45, 2.75) is 32.9 Å². The minimum atomic E-state index is -0.196. The minimum absolute atomic E-state index is 0.131. The lowest BCUT2D eigenvalue weighted by Gasteiger charge is -2.20. The predicted molar refractivity (Wildman–Crippen MR) is 77.2 cm³/mol. The lowest BCUT2D eigenvalue weighted by Crippen LogP contribution is -2.16. The van der Waals surface area contributed by atoms with E-state index in [2.05, 4.69) is 4.98 Å². The van der Waals surface area contributed by atoms with Gasteiger partial charge in [0.05, 0.1) is 12.1 Å². The van der Waals surface area contributed by atoms with E-state index in [-0.39, 0.29) is 12.1 Å². The van der Waals surface area contributed by atoms with Crippen LogP contribution in [0.5, 0.6) is 5.75 Å². The van der Waals surface area contributed by atoms with E-state index >= 15 is 0 Å². The molecule has 1 aromatic carbocycles. The maximum atomic E-state index is 6.39. The van der Waals surface area contributed by atoms with E-state index in [9.17, 15) is 0 Å². The number of pyridine rings is 1. The molecule has 0 radical (unpaired) electrons. The van der Waals surface area contributed by atoms with Crippen LogP contribution in [0.15, 0.2) is 42.7 Å². The Labute approximate surface area is 114 Å². The van der Waals surface area contributed by atoms with Crippen LogP contribution < -0.4 is 10.5 Å². The number of aryl methyl sites for hydroxylation is 1. The summed E-state index contributed by atoms with van der Waals surface area (Å²) in [5.41, 5.74) is 9.56. The Hall–Kier alpha value is -1.87. The Balaban J connectivity index is 2.39. The Morgan fingerprint density at radius 2 is 1.84 bits per heavy atom. The van der Waals surface area contributed by atoms with Crippen molar-refractivity contribution >= 4 is 0 Å². The van der Waals surface area contributed by atoms with E-state index in [1.54, 1.807) is 6.20 Å². The van der Waals surface area contributed by atoms with Gasteiger partial charge in [-0.2, -0.15) is 0 Å². The number of ether oxygens (including phenoxy) is 1. The van der Waals surface area contributed by atoms with E-state index < -0.39 is 0 Å².